The van der Waals surface area contributed by atoms with E-state index in [-0.39, 0.29) is 16.7 Å². The third kappa shape index (κ3) is 3.16. The molecule has 1 heterocycles. The highest BCUT2D eigenvalue weighted by Crippen LogP contribution is 2.31. The Morgan fingerprint density at radius 2 is 2.30 bits per heavy atom. The molecule has 5 nitrogen and oxygen atoms in total. The Labute approximate surface area is 119 Å². The van der Waals surface area contributed by atoms with Crippen LogP contribution >= 0.6 is 0 Å². The van der Waals surface area contributed by atoms with E-state index in [1.54, 1.807) is 12.1 Å². The zero-order valence-electron chi connectivity index (χ0n) is 12.2. The van der Waals surface area contributed by atoms with Gasteiger partial charge in [-0.05, 0) is 37.8 Å². The highest BCUT2D eigenvalue weighted by molar-refractivity contribution is 5.35. The molecule has 1 aliphatic rings. The molecule has 1 fully saturated rings. The van der Waals surface area contributed by atoms with E-state index < -0.39 is 0 Å². The first-order valence-electron chi connectivity index (χ1n) is 7.23. The lowest BCUT2D eigenvalue weighted by molar-refractivity contribution is -0.385. The van der Waals surface area contributed by atoms with Crippen LogP contribution in [0, 0.1) is 16.0 Å². The van der Waals surface area contributed by atoms with Crippen molar-refractivity contribution in [1.29, 1.82) is 0 Å². The van der Waals surface area contributed by atoms with Crippen LogP contribution in [0.5, 0.6) is 0 Å². The summed E-state index contributed by atoms with van der Waals surface area (Å²) >= 11 is 0. The van der Waals surface area contributed by atoms with Crippen LogP contribution < -0.4 is 5.73 Å². The molecule has 2 rings (SSSR count). The highest BCUT2D eigenvalue weighted by Gasteiger charge is 2.29. The number of nitrogens with two attached hydrogens (primary N) is 1. The van der Waals surface area contributed by atoms with E-state index in [1.807, 2.05) is 6.07 Å². The van der Waals surface area contributed by atoms with Crippen LogP contribution in [0.4, 0.5) is 5.69 Å². The molecular weight excluding hydrogens is 254 g/mol. The molecule has 0 bridgehead atoms. The van der Waals surface area contributed by atoms with E-state index >= 15 is 0 Å². The maximum absolute atomic E-state index is 10.9. The van der Waals surface area contributed by atoms with Crippen molar-refractivity contribution >= 4 is 5.69 Å². The molecule has 3 atom stereocenters. The highest BCUT2D eigenvalue weighted by atomic mass is 16.6. The van der Waals surface area contributed by atoms with Crippen molar-refractivity contribution in [3.63, 3.8) is 0 Å². The van der Waals surface area contributed by atoms with Gasteiger partial charge in [0.1, 0.15) is 0 Å². The van der Waals surface area contributed by atoms with Gasteiger partial charge in [-0.15, -0.1) is 0 Å². The van der Waals surface area contributed by atoms with Crippen molar-refractivity contribution in [1.82, 2.24) is 4.90 Å². The van der Waals surface area contributed by atoms with E-state index in [2.05, 4.69) is 18.7 Å². The monoisotopic (exact) mass is 277 g/mol. The summed E-state index contributed by atoms with van der Waals surface area (Å²) in [5.74, 6) is 0.706. The van der Waals surface area contributed by atoms with Gasteiger partial charge in [-0.3, -0.25) is 15.0 Å². The van der Waals surface area contributed by atoms with Gasteiger partial charge in [-0.25, -0.2) is 0 Å². The number of piperidine rings is 1. The fourth-order valence-corrected chi connectivity index (χ4v) is 3.10. The average molecular weight is 277 g/mol. The Kier molecular flexibility index (Phi) is 4.73. The number of nitro groups is 1. The van der Waals surface area contributed by atoms with E-state index in [0.717, 1.165) is 24.9 Å². The molecule has 3 unspecified atom stereocenters. The fourth-order valence-electron chi connectivity index (χ4n) is 3.10. The maximum Gasteiger partial charge on any atom is 0.269 e. The molecule has 0 saturated carbocycles. The maximum atomic E-state index is 10.9. The molecule has 20 heavy (non-hydrogen) atoms. The SMILES string of the molecule is CC1CCN(C(C)c2cccc([N+](=O)[O-])c2)C(CN)C1. The second-order valence-corrected chi connectivity index (χ2v) is 5.78. The molecule has 5 heteroatoms. The van der Waals surface area contributed by atoms with Gasteiger partial charge < -0.3 is 5.73 Å². The van der Waals surface area contributed by atoms with Crippen molar-refractivity contribution in [2.24, 2.45) is 11.7 Å². The Morgan fingerprint density at radius 3 is 2.95 bits per heavy atom. The normalized spacial score (nSPS) is 25.4. The van der Waals surface area contributed by atoms with Gasteiger partial charge in [0.2, 0.25) is 0 Å². The summed E-state index contributed by atoms with van der Waals surface area (Å²) in [6.07, 6.45) is 2.27. The van der Waals surface area contributed by atoms with Crippen LogP contribution in [-0.4, -0.2) is 29.0 Å². The van der Waals surface area contributed by atoms with Crippen LogP contribution in [0.3, 0.4) is 0 Å². The topological polar surface area (TPSA) is 72.4 Å². The molecule has 1 aromatic rings. The lowest BCUT2D eigenvalue weighted by atomic mass is 9.90. The number of hydrogen-bond donors (Lipinski definition) is 1. The molecule has 1 aromatic carbocycles. The van der Waals surface area contributed by atoms with Crippen molar-refractivity contribution in [3.8, 4) is 0 Å². The number of hydrogen-bond acceptors (Lipinski definition) is 4. The Morgan fingerprint density at radius 1 is 1.55 bits per heavy atom. The number of benzene rings is 1. The average Bonchev–Trinajstić information content (AvgIpc) is 2.46. The summed E-state index contributed by atoms with van der Waals surface area (Å²) in [7, 11) is 0. The zero-order chi connectivity index (χ0) is 14.7. The number of rotatable bonds is 4. The first kappa shape index (κ1) is 14.9. The van der Waals surface area contributed by atoms with Gasteiger partial charge in [0, 0.05) is 30.8 Å². The fraction of sp³-hybridized carbons (Fsp3) is 0.600. The number of likely N-dealkylation sites (tertiary alicyclic amines) is 1. The Balaban J connectivity index is 2.19. The summed E-state index contributed by atoms with van der Waals surface area (Å²) in [6, 6.07) is 7.46. The van der Waals surface area contributed by atoms with Crippen LogP contribution in [0.15, 0.2) is 24.3 Å². The lowest BCUT2D eigenvalue weighted by Gasteiger charge is -2.41. The number of nitro benzene ring substituents is 1. The molecule has 0 aliphatic carbocycles. The van der Waals surface area contributed by atoms with Gasteiger partial charge in [0.05, 0.1) is 4.92 Å². The summed E-state index contributed by atoms with van der Waals surface area (Å²) in [5, 5.41) is 10.9. The summed E-state index contributed by atoms with van der Waals surface area (Å²) in [4.78, 5) is 12.9. The molecule has 2 N–H and O–H groups in total. The molecule has 0 radical (unpaired) electrons. The first-order valence-corrected chi connectivity index (χ1v) is 7.23. The quantitative estimate of drug-likeness (QED) is 0.678. The Hall–Kier alpha value is -1.46. The van der Waals surface area contributed by atoms with Crippen molar-refractivity contribution in [2.45, 2.75) is 38.8 Å². The largest absolute Gasteiger partial charge is 0.329 e. The molecule has 0 amide bonds. The molecule has 1 aliphatic heterocycles. The second kappa shape index (κ2) is 6.33. The molecule has 1 saturated heterocycles. The predicted octanol–water partition coefficient (Wildman–Crippen LogP) is 2.71. The minimum Gasteiger partial charge on any atom is -0.329 e. The minimum atomic E-state index is -0.338. The van der Waals surface area contributed by atoms with Crippen LogP contribution in [0.2, 0.25) is 0 Å². The van der Waals surface area contributed by atoms with Crippen LogP contribution in [0.1, 0.15) is 38.3 Å². The predicted molar refractivity (Wildman–Crippen MR) is 79.5 cm³/mol. The van der Waals surface area contributed by atoms with Crippen molar-refractivity contribution in [2.75, 3.05) is 13.1 Å². The second-order valence-electron chi connectivity index (χ2n) is 5.78. The molecular formula is C15H23N3O2. The number of non-ortho nitro benzene ring substituents is 1. The lowest BCUT2D eigenvalue weighted by Crippen LogP contribution is -2.47. The Bertz CT molecular complexity index is 478. The van der Waals surface area contributed by atoms with Gasteiger partial charge in [0.15, 0.2) is 0 Å². The van der Waals surface area contributed by atoms with Crippen LogP contribution in [-0.2, 0) is 0 Å². The summed E-state index contributed by atoms with van der Waals surface area (Å²) in [6.45, 7) is 6.02. The van der Waals surface area contributed by atoms with Gasteiger partial charge >= 0.3 is 0 Å². The molecule has 0 aromatic heterocycles. The summed E-state index contributed by atoms with van der Waals surface area (Å²) in [5.41, 5.74) is 7.05. The standard InChI is InChI=1S/C15H23N3O2/c1-11-6-7-17(15(8-11)10-16)12(2)13-4-3-5-14(9-13)18(19)20/h3-5,9,11-12,15H,6-8,10,16H2,1-2H3. The zero-order valence-corrected chi connectivity index (χ0v) is 12.2. The molecule has 0 spiro atoms. The first-order chi connectivity index (χ1) is 9.52. The van der Waals surface area contributed by atoms with E-state index in [4.69, 9.17) is 5.73 Å². The van der Waals surface area contributed by atoms with E-state index in [0.29, 0.717) is 18.5 Å². The third-order valence-electron chi connectivity index (χ3n) is 4.36. The van der Waals surface area contributed by atoms with Gasteiger partial charge in [-0.1, -0.05) is 19.1 Å². The molecule has 110 valence electrons. The van der Waals surface area contributed by atoms with Crippen LogP contribution in [0.25, 0.3) is 0 Å². The van der Waals surface area contributed by atoms with Crippen molar-refractivity contribution < 1.29 is 4.92 Å². The minimum absolute atomic E-state index is 0.157. The van der Waals surface area contributed by atoms with E-state index in [9.17, 15) is 10.1 Å². The third-order valence-corrected chi connectivity index (χ3v) is 4.36. The van der Waals surface area contributed by atoms with Crippen molar-refractivity contribution in [3.05, 3.63) is 39.9 Å². The van der Waals surface area contributed by atoms with Gasteiger partial charge in [0.25, 0.3) is 5.69 Å². The smallest absolute Gasteiger partial charge is 0.269 e. The summed E-state index contributed by atoms with van der Waals surface area (Å²) < 4.78 is 0. The van der Waals surface area contributed by atoms with E-state index in [1.165, 1.54) is 6.07 Å². The number of nitrogens with zero attached hydrogens (tertiary/aromatic N) is 2. The van der Waals surface area contributed by atoms with Gasteiger partial charge in [-0.2, -0.15) is 0 Å².